The molecular formula is C15H18BrNOS. The fourth-order valence-electron chi connectivity index (χ4n) is 2.10. The van der Waals surface area contributed by atoms with Crippen LogP contribution >= 0.6 is 27.7 Å². The molecule has 1 aliphatic heterocycles. The molecule has 1 unspecified atom stereocenters. The van der Waals surface area contributed by atoms with Gasteiger partial charge < -0.3 is 10.1 Å². The normalized spacial score (nSPS) is 18.2. The summed E-state index contributed by atoms with van der Waals surface area (Å²) in [5.41, 5.74) is 1.15. The molecule has 1 aromatic carbocycles. The molecule has 0 amide bonds. The van der Waals surface area contributed by atoms with Crippen LogP contribution in [0.4, 0.5) is 0 Å². The first kappa shape index (κ1) is 14.8. The van der Waals surface area contributed by atoms with Crippen molar-refractivity contribution in [3.63, 3.8) is 0 Å². The zero-order valence-electron chi connectivity index (χ0n) is 10.8. The van der Waals surface area contributed by atoms with E-state index < -0.39 is 0 Å². The van der Waals surface area contributed by atoms with Crippen molar-refractivity contribution >= 4 is 27.7 Å². The van der Waals surface area contributed by atoms with E-state index in [2.05, 4.69) is 45.0 Å². The van der Waals surface area contributed by atoms with Gasteiger partial charge in [-0.3, -0.25) is 0 Å². The van der Waals surface area contributed by atoms with Crippen LogP contribution in [0.1, 0.15) is 12.0 Å². The van der Waals surface area contributed by atoms with Gasteiger partial charge in [-0.25, -0.2) is 0 Å². The fraction of sp³-hybridized carbons (Fsp3) is 0.467. The van der Waals surface area contributed by atoms with Crippen LogP contribution in [0.25, 0.3) is 0 Å². The van der Waals surface area contributed by atoms with Crippen LogP contribution in [-0.4, -0.2) is 24.7 Å². The predicted molar refractivity (Wildman–Crippen MR) is 85.6 cm³/mol. The van der Waals surface area contributed by atoms with Crippen LogP contribution in [0.2, 0.25) is 0 Å². The second-order valence-corrected chi connectivity index (χ2v) is 6.67. The summed E-state index contributed by atoms with van der Waals surface area (Å²) in [5, 5.41) is 3.52. The predicted octanol–water partition coefficient (Wildman–Crippen LogP) is 3.30. The summed E-state index contributed by atoms with van der Waals surface area (Å²) < 4.78 is 6.63. The lowest BCUT2D eigenvalue weighted by molar-refractivity contribution is 0.364. The summed E-state index contributed by atoms with van der Waals surface area (Å²) in [7, 11) is 0. The second-order valence-electron chi connectivity index (χ2n) is 4.61. The SMILES string of the molecule is C#CCOc1ccc(Br)cc1CNCC1CCSC1. The minimum atomic E-state index is 0.313. The lowest BCUT2D eigenvalue weighted by Gasteiger charge is -2.13. The summed E-state index contributed by atoms with van der Waals surface area (Å²) in [6, 6.07) is 6.02. The number of rotatable bonds is 6. The van der Waals surface area contributed by atoms with Gasteiger partial charge in [0.15, 0.2) is 0 Å². The van der Waals surface area contributed by atoms with E-state index in [1.807, 2.05) is 12.1 Å². The Bertz CT molecular complexity index is 452. The van der Waals surface area contributed by atoms with Crippen LogP contribution in [0.15, 0.2) is 22.7 Å². The van der Waals surface area contributed by atoms with Gasteiger partial charge in [-0.05, 0) is 48.6 Å². The van der Waals surface area contributed by atoms with Gasteiger partial charge in [-0.15, -0.1) is 6.42 Å². The molecule has 0 aromatic heterocycles. The molecule has 1 saturated heterocycles. The molecule has 2 rings (SSSR count). The van der Waals surface area contributed by atoms with Gasteiger partial charge in [0.05, 0.1) is 0 Å². The van der Waals surface area contributed by atoms with Crippen LogP contribution in [0.5, 0.6) is 5.75 Å². The number of hydrogen-bond acceptors (Lipinski definition) is 3. The minimum Gasteiger partial charge on any atom is -0.481 e. The van der Waals surface area contributed by atoms with Crippen LogP contribution in [-0.2, 0) is 6.54 Å². The van der Waals surface area contributed by atoms with E-state index in [-0.39, 0.29) is 0 Å². The van der Waals surface area contributed by atoms with Crippen molar-refractivity contribution in [3.05, 3.63) is 28.2 Å². The number of thioether (sulfide) groups is 1. The number of benzene rings is 1. The summed E-state index contributed by atoms with van der Waals surface area (Å²) >= 11 is 5.55. The quantitative estimate of drug-likeness (QED) is 0.803. The number of nitrogens with one attached hydrogen (secondary N) is 1. The molecule has 0 aliphatic carbocycles. The molecular weight excluding hydrogens is 322 g/mol. The van der Waals surface area contributed by atoms with Crippen LogP contribution in [0, 0.1) is 18.3 Å². The Kier molecular flexibility index (Phi) is 6.09. The first-order valence-corrected chi connectivity index (χ1v) is 8.37. The Balaban J connectivity index is 1.89. The van der Waals surface area contributed by atoms with Gasteiger partial charge in [-0.2, -0.15) is 11.8 Å². The van der Waals surface area contributed by atoms with Crippen molar-refractivity contribution in [2.75, 3.05) is 24.7 Å². The summed E-state index contributed by atoms with van der Waals surface area (Å²) in [5.74, 6) is 6.77. The lowest BCUT2D eigenvalue weighted by atomic mass is 10.1. The van der Waals surface area contributed by atoms with Crippen molar-refractivity contribution < 1.29 is 4.74 Å². The molecule has 4 heteroatoms. The average molecular weight is 340 g/mol. The third-order valence-electron chi connectivity index (χ3n) is 3.11. The molecule has 0 bridgehead atoms. The van der Waals surface area contributed by atoms with Crippen molar-refractivity contribution in [2.24, 2.45) is 5.92 Å². The molecule has 19 heavy (non-hydrogen) atoms. The summed E-state index contributed by atoms with van der Waals surface area (Å²) in [6.45, 7) is 2.21. The Morgan fingerprint density at radius 2 is 2.42 bits per heavy atom. The molecule has 1 heterocycles. The minimum absolute atomic E-state index is 0.313. The van der Waals surface area contributed by atoms with Gasteiger partial charge in [-0.1, -0.05) is 21.9 Å². The largest absolute Gasteiger partial charge is 0.481 e. The zero-order chi connectivity index (χ0) is 13.5. The molecule has 102 valence electrons. The van der Waals surface area contributed by atoms with E-state index in [9.17, 15) is 0 Å². The van der Waals surface area contributed by atoms with E-state index in [1.54, 1.807) is 0 Å². The lowest BCUT2D eigenvalue weighted by Crippen LogP contribution is -2.22. The van der Waals surface area contributed by atoms with Gasteiger partial charge >= 0.3 is 0 Å². The molecule has 2 nitrogen and oxygen atoms in total. The molecule has 1 aromatic rings. The van der Waals surface area contributed by atoms with Gasteiger partial charge in [0.1, 0.15) is 12.4 Å². The number of halogens is 1. The van der Waals surface area contributed by atoms with Crippen LogP contribution < -0.4 is 10.1 Å². The van der Waals surface area contributed by atoms with Crippen molar-refractivity contribution in [2.45, 2.75) is 13.0 Å². The van der Waals surface area contributed by atoms with E-state index in [0.29, 0.717) is 6.61 Å². The van der Waals surface area contributed by atoms with Gasteiger partial charge in [0, 0.05) is 16.6 Å². The molecule has 1 aliphatic rings. The first-order valence-electron chi connectivity index (χ1n) is 6.42. The first-order chi connectivity index (χ1) is 9.29. The smallest absolute Gasteiger partial charge is 0.148 e. The molecule has 0 spiro atoms. The van der Waals surface area contributed by atoms with E-state index in [0.717, 1.165) is 34.8 Å². The molecule has 0 radical (unpaired) electrons. The number of ether oxygens (including phenoxy) is 1. The monoisotopic (exact) mass is 339 g/mol. The highest BCUT2D eigenvalue weighted by atomic mass is 79.9. The van der Waals surface area contributed by atoms with Gasteiger partial charge in [0.2, 0.25) is 0 Å². The van der Waals surface area contributed by atoms with Gasteiger partial charge in [0.25, 0.3) is 0 Å². The maximum absolute atomic E-state index is 5.56. The highest BCUT2D eigenvalue weighted by Crippen LogP contribution is 2.25. The molecule has 1 atom stereocenters. The Morgan fingerprint density at radius 3 is 3.16 bits per heavy atom. The van der Waals surface area contributed by atoms with Crippen molar-refractivity contribution in [1.82, 2.24) is 5.32 Å². The molecule has 1 N–H and O–H groups in total. The number of hydrogen-bond donors (Lipinski definition) is 1. The maximum atomic E-state index is 5.56. The van der Waals surface area contributed by atoms with E-state index >= 15 is 0 Å². The standard InChI is InChI=1S/C15H18BrNOS/c1-2-6-18-15-4-3-14(16)8-13(15)10-17-9-12-5-7-19-11-12/h1,3-4,8,12,17H,5-7,9-11H2. The summed E-state index contributed by atoms with van der Waals surface area (Å²) in [4.78, 5) is 0. The Hall–Kier alpha value is -0.630. The zero-order valence-corrected chi connectivity index (χ0v) is 13.2. The highest BCUT2D eigenvalue weighted by molar-refractivity contribution is 9.10. The van der Waals surface area contributed by atoms with E-state index in [4.69, 9.17) is 11.2 Å². The van der Waals surface area contributed by atoms with Crippen molar-refractivity contribution in [1.29, 1.82) is 0 Å². The average Bonchev–Trinajstić information content (AvgIpc) is 2.91. The molecule has 1 fully saturated rings. The fourth-order valence-corrected chi connectivity index (χ4v) is 3.79. The van der Waals surface area contributed by atoms with Crippen molar-refractivity contribution in [3.8, 4) is 18.1 Å². The Labute approximate surface area is 127 Å². The third-order valence-corrected chi connectivity index (χ3v) is 4.83. The Morgan fingerprint density at radius 1 is 1.53 bits per heavy atom. The second kappa shape index (κ2) is 7.84. The molecule has 0 saturated carbocycles. The number of terminal acetylenes is 1. The van der Waals surface area contributed by atoms with E-state index in [1.165, 1.54) is 17.9 Å². The third kappa shape index (κ3) is 4.76. The topological polar surface area (TPSA) is 21.3 Å². The highest BCUT2D eigenvalue weighted by Gasteiger charge is 2.15. The maximum Gasteiger partial charge on any atom is 0.148 e. The summed E-state index contributed by atoms with van der Waals surface area (Å²) in [6.07, 6.45) is 6.57. The van der Waals surface area contributed by atoms with Crippen LogP contribution in [0.3, 0.4) is 0 Å².